The van der Waals surface area contributed by atoms with Crippen molar-refractivity contribution in [2.45, 2.75) is 70.9 Å². The van der Waals surface area contributed by atoms with E-state index in [0.29, 0.717) is 11.5 Å². The van der Waals surface area contributed by atoms with Crippen molar-refractivity contribution >= 4 is 0 Å². The minimum Gasteiger partial charge on any atom is -0.372 e. The maximum absolute atomic E-state index is 6.12. The standard InChI is InChI=1S/C14H27NO/c1-4-5-6-7-12-14(16-9-8-15-12)10-13(2,3)11-14/h12,15H,4-11H2,1-3H3. The van der Waals surface area contributed by atoms with Gasteiger partial charge in [0.05, 0.1) is 12.2 Å². The fourth-order valence-electron chi connectivity index (χ4n) is 3.65. The van der Waals surface area contributed by atoms with Crippen LogP contribution < -0.4 is 5.32 Å². The minimum absolute atomic E-state index is 0.190. The summed E-state index contributed by atoms with van der Waals surface area (Å²) in [6.45, 7) is 8.94. The first-order chi connectivity index (χ1) is 7.58. The SMILES string of the molecule is CCCCCC1NCCOC12CC(C)(C)C2. The molecular formula is C14H27NO. The zero-order chi connectivity index (χ0) is 11.6. The van der Waals surface area contributed by atoms with E-state index in [9.17, 15) is 0 Å². The summed E-state index contributed by atoms with van der Waals surface area (Å²) in [7, 11) is 0. The molecule has 2 nitrogen and oxygen atoms in total. The molecule has 1 heterocycles. The highest BCUT2D eigenvalue weighted by molar-refractivity contribution is 5.09. The third-order valence-corrected chi connectivity index (χ3v) is 4.17. The highest BCUT2D eigenvalue weighted by Crippen LogP contribution is 2.53. The van der Waals surface area contributed by atoms with Crippen LogP contribution in [0.1, 0.15) is 59.3 Å². The molecule has 1 aliphatic carbocycles. The zero-order valence-corrected chi connectivity index (χ0v) is 11.1. The van der Waals surface area contributed by atoms with Gasteiger partial charge in [-0.05, 0) is 24.7 Å². The van der Waals surface area contributed by atoms with Crippen molar-refractivity contribution in [3.05, 3.63) is 0 Å². The van der Waals surface area contributed by atoms with E-state index >= 15 is 0 Å². The van der Waals surface area contributed by atoms with Gasteiger partial charge in [0.2, 0.25) is 0 Å². The molecule has 1 atom stereocenters. The molecule has 1 spiro atoms. The molecular weight excluding hydrogens is 198 g/mol. The number of unbranched alkanes of at least 4 members (excludes halogenated alkanes) is 2. The Morgan fingerprint density at radius 3 is 2.62 bits per heavy atom. The molecule has 2 aliphatic rings. The second kappa shape index (κ2) is 4.66. The van der Waals surface area contributed by atoms with Crippen LogP contribution in [0.15, 0.2) is 0 Å². The van der Waals surface area contributed by atoms with Crippen molar-refractivity contribution in [1.29, 1.82) is 0 Å². The van der Waals surface area contributed by atoms with E-state index in [-0.39, 0.29) is 5.60 Å². The number of hydrogen-bond donors (Lipinski definition) is 1. The van der Waals surface area contributed by atoms with Crippen LogP contribution >= 0.6 is 0 Å². The second-order valence-electron chi connectivity index (χ2n) is 6.43. The lowest BCUT2D eigenvalue weighted by Gasteiger charge is -2.58. The van der Waals surface area contributed by atoms with Gasteiger partial charge in [0.15, 0.2) is 0 Å². The van der Waals surface area contributed by atoms with Crippen molar-refractivity contribution in [3.63, 3.8) is 0 Å². The summed E-state index contributed by atoms with van der Waals surface area (Å²) in [5.74, 6) is 0. The lowest BCUT2D eigenvalue weighted by molar-refractivity contribution is -0.195. The Morgan fingerprint density at radius 2 is 2.00 bits per heavy atom. The van der Waals surface area contributed by atoms with Crippen LogP contribution in [0.4, 0.5) is 0 Å². The predicted octanol–water partition coefficient (Wildman–Crippen LogP) is 3.11. The first kappa shape index (κ1) is 12.4. The fraction of sp³-hybridized carbons (Fsp3) is 1.00. The average Bonchev–Trinajstić information content (AvgIpc) is 2.18. The summed E-state index contributed by atoms with van der Waals surface area (Å²) < 4.78 is 6.12. The Morgan fingerprint density at radius 1 is 1.25 bits per heavy atom. The third kappa shape index (κ3) is 2.43. The van der Waals surface area contributed by atoms with Gasteiger partial charge >= 0.3 is 0 Å². The van der Waals surface area contributed by atoms with E-state index in [1.54, 1.807) is 0 Å². The molecule has 0 aromatic heterocycles. The summed E-state index contributed by atoms with van der Waals surface area (Å²) in [5, 5.41) is 3.68. The quantitative estimate of drug-likeness (QED) is 0.742. The van der Waals surface area contributed by atoms with E-state index in [4.69, 9.17) is 4.74 Å². The normalized spacial score (nSPS) is 31.3. The number of nitrogens with one attached hydrogen (secondary N) is 1. The van der Waals surface area contributed by atoms with E-state index in [1.165, 1.54) is 38.5 Å². The van der Waals surface area contributed by atoms with Gasteiger partial charge in [-0.1, -0.05) is 40.0 Å². The molecule has 0 amide bonds. The molecule has 2 heteroatoms. The minimum atomic E-state index is 0.190. The first-order valence-corrected chi connectivity index (χ1v) is 6.95. The first-order valence-electron chi connectivity index (χ1n) is 6.95. The maximum atomic E-state index is 6.12. The smallest absolute Gasteiger partial charge is 0.0845 e. The lowest BCUT2D eigenvalue weighted by Crippen LogP contribution is -2.66. The van der Waals surface area contributed by atoms with Crippen LogP contribution in [0.25, 0.3) is 0 Å². The predicted molar refractivity (Wildman–Crippen MR) is 67.6 cm³/mol. The Hall–Kier alpha value is -0.0800. The van der Waals surface area contributed by atoms with Gasteiger partial charge in [0.25, 0.3) is 0 Å². The van der Waals surface area contributed by atoms with E-state index in [2.05, 4.69) is 26.1 Å². The van der Waals surface area contributed by atoms with Crippen molar-refractivity contribution in [2.24, 2.45) is 5.41 Å². The zero-order valence-electron chi connectivity index (χ0n) is 11.1. The van der Waals surface area contributed by atoms with Crippen LogP contribution in [0.5, 0.6) is 0 Å². The van der Waals surface area contributed by atoms with Gasteiger partial charge in [0, 0.05) is 12.6 Å². The van der Waals surface area contributed by atoms with Crippen LogP contribution in [0, 0.1) is 5.41 Å². The molecule has 2 rings (SSSR count). The Labute approximate surface area is 100 Å². The van der Waals surface area contributed by atoms with Crippen molar-refractivity contribution in [1.82, 2.24) is 5.32 Å². The average molecular weight is 225 g/mol. The molecule has 0 bridgehead atoms. The van der Waals surface area contributed by atoms with Crippen molar-refractivity contribution in [2.75, 3.05) is 13.2 Å². The van der Waals surface area contributed by atoms with Gasteiger partial charge in [0.1, 0.15) is 0 Å². The number of ether oxygens (including phenoxy) is 1. The van der Waals surface area contributed by atoms with E-state index < -0.39 is 0 Å². The van der Waals surface area contributed by atoms with Crippen LogP contribution in [-0.2, 0) is 4.74 Å². The highest BCUT2D eigenvalue weighted by atomic mass is 16.5. The molecule has 1 aliphatic heterocycles. The van der Waals surface area contributed by atoms with Crippen LogP contribution in [0.3, 0.4) is 0 Å². The Kier molecular flexibility index (Phi) is 3.60. The largest absolute Gasteiger partial charge is 0.372 e. The summed E-state index contributed by atoms with van der Waals surface area (Å²) in [4.78, 5) is 0. The topological polar surface area (TPSA) is 21.3 Å². The van der Waals surface area contributed by atoms with Crippen molar-refractivity contribution < 1.29 is 4.74 Å². The third-order valence-electron chi connectivity index (χ3n) is 4.17. The molecule has 1 saturated carbocycles. The summed E-state index contributed by atoms with van der Waals surface area (Å²) in [6, 6.07) is 0.612. The highest BCUT2D eigenvalue weighted by Gasteiger charge is 2.55. The summed E-state index contributed by atoms with van der Waals surface area (Å²) in [6.07, 6.45) is 7.79. The molecule has 0 aromatic rings. The summed E-state index contributed by atoms with van der Waals surface area (Å²) >= 11 is 0. The Balaban J connectivity index is 1.88. The monoisotopic (exact) mass is 225 g/mol. The second-order valence-corrected chi connectivity index (χ2v) is 6.43. The fourth-order valence-corrected chi connectivity index (χ4v) is 3.65. The number of hydrogen-bond acceptors (Lipinski definition) is 2. The number of rotatable bonds is 4. The molecule has 0 radical (unpaired) electrons. The van der Waals surface area contributed by atoms with Gasteiger partial charge < -0.3 is 10.1 Å². The molecule has 0 aromatic carbocycles. The molecule has 1 unspecified atom stereocenters. The summed E-state index contributed by atoms with van der Waals surface area (Å²) in [5.41, 5.74) is 0.692. The Bertz CT molecular complexity index is 229. The molecule has 2 fully saturated rings. The van der Waals surface area contributed by atoms with Crippen LogP contribution in [0.2, 0.25) is 0 Å². The molecule has 16 heavy (non-hydrogen) atoms. The molecule has 1 N–H and O–H groups in total. The van der Waals surface area contributed by atoms with Gasteiger partial charge in [-0.15, -0.1) is 0 Å². The van der Waals surface area contributed by atoms with Crippen LogP contribution in [-0.4, -0.2) is 24.8 Å². The van der Waals surface area contributed by atoms with E-state index in [1.807, 2.05) is 0 Å². The molecule has 94 valence electrons. The van der Waals surface area contributed by atoms with E-state index in [0.717, 1.165) is 13.2 Å². The lowest BCUT2D eigenvalue weighted by atomic mass is 9.57. The van der Waals surface area contributed by atoms with Gasteiger partial charge in [-0.2, -0.15) is 0 Å². The molecule has 1 saturated heterocycles. The maximum Gasteiger partial charge on any atom is 0.0845 e. The van der Waals surface area contributed by atoms with Gasteiger partial charge in [-0.3, -0.25) is 0 Å². The van der Waals surface area contributed by atoms with Gasteiger partial charge in [-0.25, -0.2) is 0 Å². The number of morpholine rings is 1. The van der Waals surface area contributed by atoms with Crippen molar-refractivity contribution in [3.8, 4) is 0 Å².